The Morgan fingerprint density at radius 2 is 2.29 bits per heavy atom. The molecule has 1 saturated heterocycles. The summed E-state index contributed by atoms with van der Waals surface area (Å²) < 4.78 is 5.60. The summed E-state index contributed by atoms with van der Waals surface area (Å²) in [7, 11) is 0. The van der Waals surface area contributed by atoms with Crippen LogP contribution in [0.15, 0.2) is 34.9 Å². The summed E-state index contributed by atoms with van der Waals surface area (Å²) in [5.74, 6) is 0.628. The minimum Gasteiger partial charge on any atom is -0.444 e. The van der Waals surface area contributed by atoms with Gasteiger partial charge in [-0.2, -0.15) is 0 Å². The number of aromatic nitrogens is 1. The number of nitrogens with zero attached hydrogens (tertiary/aromatic N) is 2. The molecular weight excluding hydrogens is 286 g/mol. The van der Waals surface area contributed by atoms with Gasteiger partial charge in [-0.15, -0.1) is 0 Å². The Bertz CT molecular complexity index is 613. The molecule has 0 bridgehead atoms. The van der Waals surface area contributed by atoms with Crippen LogP contribution in [0.2, 0.25) is 5.02 Å². The molecule has 0 radical (unpaired) electrons. The lowest BCUT2D eigenvalue weighted by atomic mass is 10.1. The van der Waals surface area contributed by atoms with Gasteiger partial charge in [-0.3, -0.25) is 4.90 Å². The van der Waals surface area contributed by atoms with Crippen LogP contribution in [-0.2, 0) is 6.54 Å². The molecule has 1 fully saturated rings. The number of hydrogen-bond acceptors (Lipinski definition) is 4. The van der Waals surface area contributed by atoms with Crippen LogP contribution in [0.3, 0.4) is 0 Å². The predicted molar refractivity (Wildman–Crippen MR) is 84.3 cm³/mol. The summed E-state index contributed by atoms with van der Waals surface area (Å²) in [4.78, 5) is 7.02. The zero-order valence-electron chi connectivity index (χ0n) is 12.3. The first-order valence-electron chi connectivity index (χ1n) is 7.29. The molecule has 0 saturated carbocycles. The fraction of sp³-hybridized carbons (Fsp3) is 0.438. The van der Waals surface area contributed by atoms with Crippen molar-refractivity contribution < 1.29 is 4.42 Å². The summed E-state index contributed by atoms with van der Waals surface area (Å²) in [6.07, 6.45) is 1.75. The second kappa shape index (κ2) is 6.18. The van der Waals surface area contributed by atoms with Gasteiger partial charge in [0.05, 0.1) is 5.69 Å². The van der Waals surface area contributed by atoms with Crippen molar-refractivity contribution in [2.75, 3.05) is 13.1 Å². The Kier molecular flexibility index (Phi) is 4.29. The molecule has 1 N–H and O–H groups in total. The largest absolute Gasteiger partial charge is 0.444 e. The third kappa shape index (κ3) is 3.46. The standard InChI is InChI=1S/C16H20ClN3O/c1-11-8-20(12(2)7-18-11)9-15-10-21-16(19-15)13-4-3-5-14(17)6-13/h3-6,10-12,18H,7-9H2,1-2H3. The molecule has 4 nitrogen and oxygen atoms in total. The van der Waals surface area contributed by atoms with Gasteiger partial charge >= 0.3 is 0 Å². The Morgan fingerprint density at radius 3 is 3.10 bits per heavy atom. The van der Waals surface area contributed by atoms with E-state index in [4.69, 9.17) is 16.0 Å². The van der Waals surface area contributed by atoms with Gasteiger partial charge in [0.25, 0.3) is 0 Å². The van der Waals surface area contributed by atoms with E-state index in [1.807, 2.05) is 24.3 Å². The number of nitrogens with one attached hydrogen (secondary N) is 1. The quantitative estimate of drug-likeness (QED) is 0.945. The topological polar surface area (TPSA) is 41.3 Å². The molecule has 5 heteroatoms. The van der Waals surface area contributed by atoms with Gasteiger partial charge in [0.15, 0.2) is 0 Å². The van der Waals surface area contributed by atoms with Crippen LogP contribution in [0.5, 0.6) is 0 Å². The van der Waals surface area contributed by atoms with Gasteiger partial charge in [-0.25, -0.2) is 4.98 Å². The maximum Gasteiger partial charge on any atom is 0.226 e. The number of benzene rings is 1. The van der Waals surface area contributed by atoms with Gasteiger partial charge in [0.1, 0.15) is 6.26 Å². The smallest absolute Gasteiger partial charge is 0.226 e. The van der Waals surface area contributed by atoms with Crippen molar-refractivity contribution in [3.63, 3.8) is 0 Å². The molecule has 1 aliphatic heterocycles. The second-order valence-corrected chi connectivity index (χ2v) is 6.18. The highest BCUT2D eigenvalue weighted by molar-refractivity contribution is 6.30. The zero-order chi connectivity index (χ0) is 14.8. The van der Waals surface area contributed by atoms with Crippen LogP contribution in [0.4, 0.5) is 0 Å². The van der Waals surface area contributed by atoms with Crippen molar-refractivity contribution in [1.82, 2.24) is 15.2 Å². The van der Waals surface area contributed by atoms with Gasteiger partial charge in [-0.1, -0.05) is 17.7 Å². The maximum atomic E-state index is 6.01. The molecule has 3 rings (SSSR count). The molecule has 112 valence electrons. The zero-order valence-corrected chi connectivity index (χ0v) is 13.1. The van der Waals surface area contributed by atoms with E-state index in [1.165, 1.54) is 0 Å². The summed E-state index contributed by atoms with van der Waals surface area (Å²) in [5.41, 5.74) is 1.88. The van der Waals surface area contributed by atoms with Crippen LogP contribution in [0.25, 0.3) is 11.5 Å². The summed E-state index contributed by atoms with van der Waals surface area (Å²) in [6, 6.07) is 8.59. The summed E-state index contributed by atoms with van der Waals surface area (Å²) >= 11 is 6.01. The Morgan fingerprint density at radius 1 is 1.43 bits per heavy atom. The van der Waals surface area contributed by atoms with Gasteiger partial charge in [0.2, 0.25) is 5.89 Å². The monoisotopic (exact) mass is 305 g/mol. The minimum absolute atomic E-state index is 0.507. The van der Waals surface area contributed by atoms with E-state index in [1.54, 1.807) is 6.26 Å². The van der Waals surface area contributed by atoms with Crippen molar-refractivity contribution in [2.45, 2.75) is 32.5 Å². The van der Waals surface area contributed by atoms with E-state index in [0.717, 1.165) is 30.9 Å². The molecule has 1 aromatic carbocycles. The van der Waals surface area contributed by atoms with E-state index < -0.39 is 0 Å². The molecule has 2 unspecified atom stereocenters. The van der Waals surface area contributed by atoms with E-state index >= 15 is 0 Å². The van der Waals surface area contributed by atoms with E-state index in [2.05, 4.69) is 29.0 Å². The average Bonchev–Trinajstić information content (AvgIpc) is 2.91. The summed E-state index contributed by atoms with van der Waals surface area (Å²) in [5, 5.41) is 4.18. The average molecular weight is 306 g/mol. The molecule has 0 aliphatic carbocycles. The van der Waals surface area contributed by atoms with Crippen LogP contribution < -0.4 is 5.32 Å². The molecule has 0 spiro atoms. The molecule has 0 amide bonds. The first-order chi connectivity index (χ1) is 10.1. The Labute approximate surface area is 130 Å². The molecule has 2 atom stereocenters. The molecule has 1 aromatic heterocycles. The Hall–Kier alpha value is -1.36. The van der Waals surface area contributed by atoms with Crippen molar-refractivity contribution >= 4 is 11.6 Å². The number of halogens is 1. The maximum absolute atomic E-state index is 6.01. The predicted octanol–water partition coefficient (Wildman–Crippen LogP) is 3.18. The van der Waals surface area contributed by atoms with Crippen LogP contribution in [0.1, 0.15) is 19.5 Å². The third-order valence-corrected chi connectivity index (χ3v) is 4.12. The molecule has 1 aliphatic rings. The van der Waals surface area contributed by atoms with Crippen LogP contribution in [-0.4, -0.2) is 35.1 Å². The fourth-order valence-electron chi connectivity index (χ4n) is 2.66. The highest BCUT2D eigenvalue weighted by Gasteiger charge is 2.23. The molecular formula is C16H20ClN3O. The highest BCUT2D eigenvalue weighted by Crippen LogP contribution is 2.23. The molecule has 21 heavy (non-hydrogen) atoms. The fourth-order valence-corrected chi connectivity index (χ4v) is 2.85. The van der Waals surface area contributed by atoms with Gasteiger partial charge in [-0.05, 0) is 32.0 Å². The van der Waals surface area contributed by atoms with Crippen LogP contribution in [0, 0.1) is 0 Å². The number of rotatable bonds is 3. The lowest BCUT2D eigenvalue weighted by Gasteiger charge is -2.36. The van der Waals surface area contributed by atoms with E-state index in [9.17, 15) is 0 Å². The lowest BCUT2D eigenvalue weighted by molar-refractivity contribution is 0.137. The lowest BCUT2D eigenvalue weighted by Crippen LogP contribution is -2.53. The first kappa shape index (κ1) is 14.6. The van der Waals surface area contributed by atoms with Crippen molar-refractivity contribution in [1.29, 1.82) is 0 Å². The molecule has 2 aromatic rings. The van der Waals surface area contributed by atoms with E-state index in [0.29, 0.717) is 23.0 Å². The van der Waals surface area contributed by atoms with E-state index in [-0.39, 0.29) is 0 Å². The third-order valence-electron chi connectivity index (χ3n) is 3.88. The van der Waals surface area contributed by atoms with Gasteiger partial charge in [0, 0.05) is 42.3 Å². The van der Waals surface area contributed by atoms with Crippen molar-refractivity contribution in [3.8, 4) is 11.5 Å². The minimum atomic E-state index is 0.507. The van der Waals surface area contributed by atoms with Crippen molar-refractivity contribution in [3.05, 3.63) is 41.2 Å². The highest BCUT2D eigenvalue weighted by atomic mass is 35.5. The number of hydrogen-bond donors (Lipinski definition) is 1. The van der Waals surface area contributed by atoms with Crippen molar-refractivity contribution in [2.24, 2.45) is 0 Å². The SMILES string of the molecule is CC1CN(Cc2coc(-c3cccc(Cl)c3)n2)C(C)CN1. The van der Waals surface area contributed by atoms with Gasteiger partial charge < -0.3 is 9.73 Å². The number of oxazole rings is 1. The first-order valence-corrected chi connectivity index (χ1v) is 7.67. The second-order valence-electron chi connectivity index (χ2n) is 5.74. The molecule has 2 heterocycles. The summed E-state index contributed by atoms with van der Waals surface area (Å²) in [6.45, 7) is 7.30. The normalized spacial score (nSPS) is 23.4. The number of piperazine rings is 1. The van der Waals surface area contributed by atoms with Crippen LogP contribution >= 0.6 is 11.6 Å². The Balaban J connectivity index is 1.73.